The number of aromatic amines is 2. The number of H-pyrrole nitrogens is 2. The number of fused-ring (bicyclic) bond motifs is 2. The number of hydrogen-bond acceptors (Lipinski definition) is 5. The van der Waals surface area contributed by atoms with Gasteiger partial charge >= 0.3 is 0 Å². The number of imidazole rings is 2. The highest BCUT2D eigenvalue weighted by Crippen LogP contribution is 2.38. The molecule has 0 bridgehead atoms. The maximum Gasteiger partial charge on any atom is 0.189 e. The number of nitrogens with zero attached hydrogens (tertiary/aromatic N) is 8. The van der Waals surface area contributed by atoms with Crippen molar-refractivity contribution in [3.8, 4) is 51.3 Å². The molecule has 0 aliphatic heterocycles. The summed E-state index contributed by atoms with van der Waals surface area (Å²) in [5.74, 6) is 1.34. The summed E-state index contributed by atoms with van der Waals surface area (Å²) in [7, 11) is 0. The predicted molar refractivity (Wildman–Crippen MR) is 236 cm³/mol. The maximum atomic E-state index is 11.1. The number of aromatic nitrogens is 8. The van der Waals surface area contributed by atoms with Crippen molar-refractivity contribution >= 4 is 33.4 Å². The molecule has 0 spiro atoms. The summed E-state index contributed by atoms with van der Waals surface area (Å²) in [6.45, 7) is 17.7. The van der Waals surface area contributed by atoms with Crippen LogP contribution in [0.4, 0.5) is 11.4 Å². The molecular weight excluding hydrogens is 745 g/mol. The van der Waals surface area contributed by atoms with E-state index in [1.165, 1.54) is 5.56 Å². The van der Waals surface area contributed by atoms with E-state index in [1.54, 1.807) is 28.9 Å². The summed E-state index contributed by atoms with van der Waals surface area (Å²) in [5, 5.41) is 20.8. The van der Waals surface area contributed by atoms with Crippen molar-refractivity contribution in [3.05, 3.63) is 197 Å². The van der Waals surface area contributed by atoms with Gasteiger partial charge in [-0.05, 0) is 42.3 Å². The van der Waals surface area contributed by atoms with Crippen LogP contribution in [0.25, 0.3) is 77.3 Å². The predicted octanol–water partition coefficient (Wildman–Crippen LogP) is 11.4. The van der Waals surface area contributed by atoms with Crippen molar-refractivity contribution in [2.75, 3.05) is 0 Å². The molecule has 0 atom stereocenters. The molecule has 10 aromatic rings. The van der Waals surface area contributed by atoms with Gasteiger partial charge in [0.15, 0.2) is 28.8 Å². The zero-order valence-corrected chi connectivity index (χ0v) is 32.5. The number of hydrogen-bond donors (Lipinski definition) is 3. The van der Waals surface area contributed by atoms with E-state index in [4.69, 9.17) is 28.3 Å². The molecule has 0 aliphatic carbocycles. The first-order valence-electron chi connectivity index (χ1n) is 19.3. The molecule has 0 saturated carbocycles. The van der Waals surface area contributed by atoms with Crippen LogP contribution in [0.15, 0.2) is 158 Å². The molecule has 0 amide bonds. The number of aromatic hydroxyl groups is 1. The summed E-state index contributed by atoms with van der Waals surface area (Å²) < 4.78 is 3.78. The van der Waals surface area contributed by atoms with Crippen molar-refractivity contribution in [3.63, 3.8) is 0 Å². The summed E-state index contributed by atoms with van der Waals surface area (Å²) in [5.41, 5.74) is 12.4. The lowest BCUT2D eigenvalue weighted by molar-refractivity contribution is 0.478. The molecular formula is C49H36N10O. The summed E-state index contributed by atoms with van der Waals surface area (Å²) in [4.78, 5) is 23.1. The zero-order chi connectivity index (χ0) is 41.0. The minimum Gasteiger partial charge on any atom is -0.504 e. The van der Waals surface area contributed by atoms with Gasteiger partial charge in [0.25, 0.3) is 0 Å². The molecule has 4 aromatic heterocycles. The van der Waals surface area contributed by atoms with Crippen LogP contribution in [0.3, 0.4) is 0 Å². The smallest absolute Gasteiger partial charge is 0.189 e. The minimum absolute atomic E-state index is 0.0709. The Morgan fingerprint density at radius 3 is 1.43 bits per heavy atom. The average molecular weight is 781 g/mol. The van der Waals surface area contributed by atoms with Crippen LogP contribution in [-0.2, 0) is 13.1 Å². The quantitative estimate of drug-likeness (QED) is 0.133. The lowest BCUT2D eigenvalue weighted by Crippen LogP contribution is -2.05. The number of rotatable bonds is 8. The molecule has 0 radical (unpaired) electrons. The van der Waals surface area contributed by atoms with Crippen LogP contribution >= 0.6 is 0 Å². The van der Waals surface area contributed by atoms with E-state index in [9.17, 15) is 5.11 Å². The first-order chi connectivity index (χ1) is 29.4. The monoisotopic (exact) mass is 780 g/mol. The van der Waals surface area contributed by atoms with Gasteiger partial charge in [-0.1, -0.05) is 133 Å². The van der Waals surface area contributed by atoms with Gasteiger partial charge in [-0.25, -0.2) is 19.7 Å². The second-order valence-corrected chi connectivity index (χ2v) is 14.2. The van der Waals surface area contributed by atoms with E-state index < -0.39 is 0 Å². The summed E-state index contributed by atoms with van der Waals surface area (Å²) in [6.07, 6.45) is 0. The summed E-state index contributed by atoms with van der Waals surface area (Å²) in [6, 6.07) is 50.9. The van der Waals surface area contributed by atoms with E-state index in [0.29, 0.717) is 41.7 Å². The molecule has 11 heteroatoms. The Balaban J connectivity index is 0.000000154. The van der Waals surface area contributed by atoms with Gasteiger partial charge in [0.2, 0.25) is 0 Å². The van der Waals surface area contributed by atoms with E-state index >= 15 is 0 Å². The van der Waals surface area contributed by atoms with Crippen LogP contribution in [0.2, 0.25) is 0 Å². The van der Waals surface area contributed by atoms with Gasteiger partial charge in [-0.15, -0.1) is 0 Å². The first kappa shape index (κ1) is 37.1. The van der Waals surface area contributed by atoms with Crippen molar-refractivity contribution in [2.45, 2.75) is 20.0 Å². The van der Waals surface area contributed by atoms with Crippen molar-refractivity contribution in [1.82, 2.24) is 39.5 Å². The number of benzene rings is 6. The Hall–Kier alpha value is -8.54. The Morgan fingerprint density at radius 1 is 0.533 bits per heavy atom. The van der Waals surface area contributed by atoms with Gasteiger partial charge in [0, 0.05) is 16.7 Å². The normalized spacial score (nSPS) is 10.9. The Bertz CT molecular complexity index is 2970. The van der Waals surface area contributed by atoms with Crippen LogP contribution in [0.1, 0.15) is 16.7 Å². The highest BCUT2D eigenvalue weighted by atomic mass is 16.3. The molecule has 288 valence electrons. The molecule has 10 rings (SSSR count). The van der Waals surface area contributed by atoms with Crippen LogP contribution < -0.4 is 0 Å². The second-order valence-electron chi connectivity index (χ2n) is 14.2. The molecule has 0 aliphatic rings. The topological polar surface area (TPSA) is 122 Å². The van der Waals surface area contributed by atoms with E-state index in [2.05, 4.69) is 55.8 Å². The lowest BCUT2D eigenvalue weighted by Gasteiger charge is -2.06. The van der Waals surface area contributed by atoms with Gasteiger partial charge in [-0.3, -0.25) is 9.36 Å². The fourth-order valence-electron chi connectivity index (χ4n) is 7.30. The second kappa shape index (κ2) is 16.1. The van der Waals surface area contributed by atoms with Gasteiger partial charge in [-0.2, -0.15) is 10.2 Å². The highest BCUT2D eigenvalue weighted by molar-refractivity contribution is 5.86. The zero-order valence-electron chi connectivity index (χ0n) is 32.5. The fraction of sp³-hybridized carbons (Fsp3) is 0.0612. The van der Waals surface area contributed by atoms with Gasteiger partial charge in [0.1, 0.15) is 17.1 Å². The number of nitrogens with one attached hydrogen (secondary N) is 2. The van der Waals surface area contributed by atoms with Crippen LogP contribution in [-0.4, -0.2) is 44.6 Å². The Kier molecular flexibility index (Phi) is 9.97. The minimum atomic E-state index is 0.0709. The van der Waals surface area contributed by atoms with Crippen LogP contribution in [0.5, 0.6) is 5.75 Å². The molecule has 11 nitrogen and oxygen atoms in total. The van der Waals surface area contributed by atoms with Crippen LogP contribution in [0, 0.1) is 20.1 Å². The van der Waals surface area contributed by atoms with E-state index in [1.807, 2.05) is 114 Å². The van der Waals surface area contributed by atoms with Crippen molar-refractivity contribution in [1.29, 1.82) is 0 Å². The first-order valence-corrected chi connectivity index (χ1v) is 19.3. The molecule has 4 heterocycles. The largest absolute Gasteiger partial charge is 0.504 e. The van der Waals surface area contributed by atoms with Gasteiger partial charge < -0.3 is 15.1 Å². The van der Waals surface area contributed by atoms with E-state index in [0.717, 1.165) is 61.5 Å². The Labute approximate surface area is 345 Å². The van der Waals surface area contributed by atoms with E-state index in [-0.39, 0.29) is 5.75 Å². The molecule has 0 unspecified atom stereocenters. The van der Waals surface area contributed by atoms with Crippen molar-refractivity contribution in [2.24, 2.45) is 0 Å². The molecule has 3 N–H and O–H groups in total. The fourth-order valence-corrected chi connectivity index (χ4v) is 7.30. The third-order valence-electron chi connectivity index (χ3n) is 10.2. The highest BCUT2D eigenvalue weighted by Gasteiger charge is 2.24. The standard InChI is InChI=1S/C25H19N5.C24H17N5O/c1-17-23(19-11-7-4-8-12-19)29-30(16-18-9-5-3-6-10-18)24(17)25-27-21-14-13-20(26-2)15-22(21)28-25;1-25-18-12-13-19-20(14-18)27-24(26-19)22-23(30)21(17-10-6-3-7-11-17)28-29(22)15-16-8-4-2-5-9-16/h3-15H,16H2,1H3,(H,27,28);2-14,30H,15H2,(H,26,27). The van der Waals surface area contributed by atoms with Gasteiger partial charge in [0.05, 0.1) is 54.0 Å². The third-order valence-corrected chi connectivity index (χ3v) is 10.2. The molecule has 0 saturated heterocycles. The Morgan fingerprint density at radius 2 is 0.950 bits per heavy atom. The van der Waals surface area contributed by atoms with Crippen molar-refractivity contribution < 1.29 is 5.11 Å². The maximum absolute atomic E-state index is 11.1. The SMILES string of the molecule is [C-]#[N+]c1ccc2nc(-c3c(C)c(-c4ccccc4)nn3Cc3ccccc3)[nH]c2c1.[C-]#[N+]c1ccc2nc(-c3c(O)c(-c4ccccc4)nn3Cc3ccccc3)[nH]c2c1. The molecule has 60 heavy (non-hydrogen) atoms. The molecule has 6 aromatic carbocycles. The lowest BCUT2D eigenvalue weighted by atomic mass is 10.1. The summed E-state index contributed by atoms with van der Waals surface area (Å²) >= 11 is 0. The molecule has 0 fully saturated rings. The average Bonchev–Trinajstić information content (AvgIpc) is 4.07. The third kappa shape index (κ3) is 7.38.